The molecule has 108 valence electrons. The van der Waals surface area contributed by atoms with Gasteiger partial charge in [0.2, 0.25) is 0 Å². The van der Waals surface area contributed by atoms with Gasteiger partial charge in [-0.1, -0.05) is 26.0 Å². The number of aromatic nitrogens is 2. The lowest BCUT2D eigenvalue weighted by molar-refractivity contribution is 0.543. The van der Waals surface area contributed by atoms with Crippen molar-refractivity contribution in [1.82, 2.24) is 15.1 Å². The summed E-state index contributed by atoms with van der Waals surface area (Å²) in [5, 5.41) is 7.65. The summed E-state index contributed by atoms with van der Waals surface area (Å²) >= 11 is 0. The molecule has 0 aliphatic heterocycles. The highest BCUT2D eigenvalue weighted by Gasteiger charge is 2.05. The normalized spacial score (nSPS) is 11.2. The first-order chi connectivity index (χ1) is 9.66. The summed E-state index contributed by atoms with van der Waals surface area (Å²) in [6, 6.07) is 6.68. The van der Waals surface area contributed by atoms with E-state index in [0.29, 0.717) is 11.6 Å². The number of para-hydroxylation sites is 1. The van der Waals surface area contributed by atoms with Crippen LogP contribution in [0.25, 0.3) is 5.69 Å². The van der Waals surface area contributed by atoms with Crippen molar-refractivity contribution in [2.45, 2.75) is 26.7 Å². The van der Waals surface area contributed by atoms with Crippen LogP contribution in [0, 0.1) is 11.7 Å². The van der Waals surface area contributed by atoms with Gasteiger partial charge in [-0.15, -0.1) is 0 Å². The van der Waals surface area contributed by atoms with Crippen LogP contribution in [-0.4, -0.2) is 22.9 Å². The monoisotopic (exact) mass is 275 g/mol. The Morgan fingerprint density at radius 2 is 2.10 bits per heavy atom. The van der Waals surface area contributed by atoms with Gasteiger partial charge in [-0.2, -0.15) is 5.10 Å². The van der Waals surface area contributed by atoms with Crippen LogP contribution >= 0.6 is 0 Å². The molecule has 0 spiro atoms. The molecule has 4 heteroatoms. The van der Waals surface area contributed by atoms with Crippen LogP contribution in [0.1, 0.15) is 25.8 Å². The summed E-state index contributed by atoms with van der Waals surface area (Å²) in [4.78, 5) is 0. The van der Waals surface area contributed by atoms with E-state index in [2.05, 4.69) is 24.3 Å². The van der Waals surface area contributed by atoms with Crippen LogP contribution in [0.5, 0.6) is 0 Å². The number of hydrogen-bond donors (Lipinski definition) is 1. The Morgan fingerprint density at radius 3 is 2.85 bits per heavy atom. The fourth-order valence-corrected chi connectivity index (χ4v) is 2.07. The van der Waals surface area contributed by atoms with Crippen molar-refractivity contribution < 1.29 is 4.39 Å². The third kappa shape index (κ3) is 4.17. The molecule has 0 fully saturated rings. The average Bonchev–Trinajstić information content (AvgIpc) is 2.87. The molecule has 20 heavy (non-hydrogen) atoms. The molecule has 2 rings (SSSR count). The Balaban J connectivity index is 1.85. The topological polar surface area (TPSA) is 29.9 Å². The predicted octanol–water partition coefficient (Wildman–Crippen LogP) is 3.19. The highest BCUT2D eigenvalue weighted by molar-refractivity contribution is 5.32. The van der Waals surface area contributed by atoms with Crippen molar-refractivity contribution in [3.63, 3.8) is 0 Å². The van der Waals surface area contributed by atoms with E-state index in [1.165, 1.54) is 6.07 Å². The van der Waals surface area contributed by atoms with Gasteiger partial charge in [0.1, 0.15) is 11.5 Å². The van der Waals surface area contributed by atoms with E-state index >= 15 is 0 Å². The van der Waals surface area contributed by atoms with E-state index in [9.17, 15) is 4.39 Å². The molecule has 0 aliphatic carbocycles. The molecule has 0 saturated heterocycles. The lowest BCUT2D eigenvalue weighted by Crippen LogP contribution is -2.20. The van der Waals surface area contributed by atoms with Crippen LogP contribution in [0.3, 0.4) is 0 Å². The quantitative estimate of drug-likeness (QED) is 0.786. The van der Waals surface area contributed by atoms with Crippen LogP contribution in [0.4, 0.5) is 4.39 Å². The van der Waals surface area contributed by atoms with Crippen molar-refractivity contribution in [1.29, 1.82) is 0 Å². The van der Waals surface area contributed by atoms with Crippen molar-refractivity contribution in [2.24, 2.45) is 5.92 Å². The van der Waals surface area contributed by atoms with E-state index in [1.807, 2.05) is 18.5 Å². The van der Waals surface area contributed by atoms with Crippen LogP contribution in [0.2, 0.25) is 0 Å². The highest BCUT2D eigenvalue weighted by Crippen LogP contribution is 2.13. The zero-order chi connectivity index (χ0) is 14.4. The van der Waals surface area contributed by atoms with E-state index < -0.39 is 0 Å². The maximum Gasteiger partial charge on any atom is 0.148 e. The number of halogens is 1. The van der Waals surface area contributed by atoms with E-state index in [-0.39, 0.29) is 5.82 Å². The summed E-state index contributed by atoms with van der Waals surface area (Å²) in [7, 11) is 0. The van der Waals surface area contributed by atoms with Crippen molar-refractivity contribution >= 4 is 0 Å². The zero-order valence-electron chi connectivity index (χ0n) is 12.1. The number of aryl methyl sites for hydroxylation is 1. The lowest BCUT2D eigenvalue weighted by Gasteiger charge is -2.06. The van der Waals surface area contributed by atoms with Crippen molar-refractivity contribution in [3.05, 3.63) is 48.0 Å². The fraction of sp³-hybridized carbons (Fsp3) is 0.438. The summed E-state index contributed by atoms with van der Waals surface area (Å²) < 4.78 is 15.2. The Hall–Kier alpha value is -1.68. The van der Waals surface area contributed by atoms with Crippen LogP contribution in [-0.2, 0) is 6.42 Å². The molecule has 1 aromatic carbocycles. The Kier molecular flexibility index (Phi) is 5.30. The maximum atomic E-state index is 13.6. The third-order valence-electron chi connectivity index (χ3n) is 3.11. The molecule has 1 aromatic heterocycles. The molecule has 0 saturated carbocycles. The van der Waals surface area contributed by atoms with E-state index in [4.69, 9.17) is 0 Å². The largest absolute Gasteiger partial charge is 0.316 e. The number of nitrogens with zero attached hydrogens (tertiary/aromatic N) is 2. The smallest absolute Gasteiger partial charge is 0.148 e. The van der Waals surface area contributed by atoms with Crippen molar-refractivity contribution in [3.8, 4) is 5.69 Å². The van der Waals surface area contributed by atoms with Crippen LogP contribution in [0.15, 0.2) is 36.7 Å². The molecule has 3 nitrogen and oxygen atoms in total. The minimum atomic E-state index is -0.249. The van der Waals surface area contributed by atoms with E-state index in [0.717, 1.165) is 31.5 Å². The number of benzene rings is 1. The van der Waals surface area contributed by atoms with Gasteiger partial charge < -0.3 is 5.32 Å². The van der Waals surface area contributed by atoms with Gasteiger partial charge in [-0.3, -0.25) is 0 Å². The molecule has 0 aliphatic rings. The molecule has 1 heterocycles. The third-order valence-corrected chi connectivity index (χ3v) is 3.11. The lowest BCUT2D eigenvalue weighted by atomic mass is 10.2. The van der Waals surface area contributed by atoms with Crippen molar-refractivity contribution in [2.75, 3.05) is 13.1 Å². The number of nitrogens with one attached hydrogen (secondary N) is 1. The molecule has 0 radical (unpaired) electrons. The van der Waals surface area contributed by atoms with Crippen LogP contribution < -0.4 is 5.32 Å². The second-order valence-corrected chi connectivity index (χ2v) is 5.45. The first kappa shape index (κ1) is 14.7. The van der Waals surface area contributed by atoms with Gasteiger partial charge in [0.25, 0.3) is 0 Å². The van der Waals surface area contributed by atoms with Gasteiger partial charge in [-0.25, -0.2) is 9.07 Å². The average molecular weight is 275 g/mol. The molecule has 1 N–H and O–H groups in total. The molecule has 0 atom stereocenters. The minimum absolute atomic E-state index is 0.249. The number of rotatable bonds is 7. The Labute approximate surface area is 119 Å². The summed E-state index contributed by atoms with van der Waals surface area (Å²) in [6.45, 7) is 6.45. The molecule has 0 amide bonds. The molecular weight excluding hydrogens is 253 g/mol. The second kappa shape index (κ2) is 7.20. The van der Waals surface area contributed by atoms with Gasteiger partial charge in [0.05, 0.1) is 6.20 Å². The Bertz CT molecular complexity index is 534. The molecular formula is C16H22FN3. The summed E-state index contributed by atoms with van der Waals surface area (Å²) in [5.41, 5.74) is 1.64. The van der Waals surface area contributed by atoms with Gasteiger partial charge in [0, 0.05) is 6.20 Å². The van der Waals surface area contributed by atoms with Gasteiger partial charge >= 0.3 is 0 Å². The first-order valence-electron chi connectivity index (χ1n) is 7.16. The second-order valence-electron chi connectivity index (χ2n) is 5.45. The summed E-state index contributed by atoms with van der Waals surface area (Å²) in [6.07, 6.45) is 5.74. The fourth-order valence-electron chi connectivity index (χ4n) is 2.07. The first-order valence-corrected chi connectivity index (χ1v) is 7.16. The molecule has 0 bridgehead atoms. The summed E-state index contributed by atoms with van der Waals surface area (Å²) in [5.74, 6) is 0.430. The standard InChI is InChI=1S/C16H22FN3/c1-13(2)10-18-9-5-6-14-11-19-20(12-14)16-8-4-3-7-15(16)17/h3-4,7-8,11-13,18H,5-6,9-10H2,1-2H3. The molecule has 2 aromatic rings. The zero-order valence-corrected chi connectivity index (χ0v) is 12.1. The van der Waals surface area contributed by atoms with Gasteiger partial charge in [-0.05, 0) is 49.5 Å². The minimum Gasteiger partial charge on any atom is -0.316 e. The predicted molar refractivity (Wildman–Crippen MR) is 79.6 cm³/mol. The molecule has 0 unspecified atom stereocenters. The number of hydrogen-bond acceptors (Lipinski definition) is 2. The highest BCUT2D eigenvalue weighted by atomic mass is 19.1. The maximum absolute atomic E-state index is 13.6. The van der Waals surface area contributed by atoms with E-state index in [1.54, 1.807) is 16.8 Å². The Morgan fingerprint density at radius 1 is 1.30 bits per heavy atom. The SMILES string of the molecule is CC(C)CNCCCc1cnn(-c2ccccc2F)c1. The van der Waals surface area contributed by atoms with Gasteiger partial charge in [0.15, 0.2) is 0 Å².